The smallest absolute Gasteiger partial charge is 0.145 e. The van der Waals surface area contributed by atoms with Crippen molar-refractivity contribution in [2.75, 3.05) is 12.3 Å². The van der Waals surface area contributed by atoms with Crippen molar-refractivity contribution in [2.24, 2.45) is 0 Å². The molecule has 2 atom stereocenters. The quantitative estimate of drug-likeness (QED) is 0.794. The number of anilines is 1. The topological polar surface area (TPSA) is 47.3 Å². The van der Waals surface area contributed by atoms with Gasteiger partial charge in [-0.1, -0.05) is 6.42 Å². The van der Waals surface area contributed by atoms with Gasteiger partial charge < -0.3 is 15.8 Å². The van der Waals surface area contributed by atoms with Gasteiger partial charge >= 0.3 is 0 Å². The first-order chi connectivity index (χ1) is 8.16. The highest BCUT2D eigenvalue weighted by Gasteiger charge is 2.21. The Morgan fingerprint density at radius 2 is 2.29 bits per heavy atom. The number of benzene rings is 1. The molecule has 3 N–H and O–H groups in total. The summed E-state index contributed by atoms with van der Waals surface area (Å²) in [7, 11) is 0. The van der Waals surface area contributed by atoms with Gasteiger partial charge in [0.05, 0.1) is 5.69 Å². The maximum atomic E-state index is 13.1. The number of piperidine rings is 1. The van der Waals surface area contributed by atoms with E-state index in [0.717, 1.165) is 13.0 Å². The molecule has 0 spiro atoms. The number of nitrogens with two attached hydrogens (primary N) is 1. The molecule has 1 heterocycles. The van der Waals surface area contributed by atoms with Gasteiger partial charge in [0, 0.05) is 12.1 Å². The lowest BCUT2D eigenvalue weighted by atomic mass is 10.0. The van der Waals surface area contributed by atoms with E-state index in [-0.39, 0.29) is 11.9 Å². The van der Waals surface area contributed by atoms with Gasteiger partial charge in [-0.15, -0.1) is 0 Å². The van der Waals surface area contributed by atoms with Crippen molar-refractivity contribution in [1.29, 1.82) is 0 Å². The van der Waals surface area contributed by atoms with Crippen LogP contribution >= 0.6 is 0 Å². The Labute approximate surface area is 101 Å². The third kappa shape index (κ3) is 3.09. The Balaban J connectivity index is 2.01. The highest BCUT2D eigenvalue weighted by molar-refractivity contribution is 5.52. The second kappa shape index (κ2) is 5.36. The molecule has 4 heteroatoms. The average molecular weight is 238 g/mol. The molecule has 17 heavy (non-hydrogen) atoms. The molecule has 0 saturated carbocycles. The van der Waals surface area contributed by atoms with Crippen molar-refractivity contribution in [3.63, 3.8) is 0 Å². The van der Waals surface area contributed by atoms with Crippen LogP contribution in [0.15, 0.2) is 18.2 Å². The Hall–Kier alpha value is -1.29. The van der Waals surface area contributed by atoms with Crippen molar-refractivity contribution < 1.29 is 9.13 Å². The van der Waals surface area contributed by atoms with Crippen molar-refractivity contribution >= 4 is 5.69 Å². The van der Waals surface area contributed by atoms with Crippen LogP contribution in [0.5, 0.6) is 5.75 Å². The highest BCUT2D eigenvalue weighted by atomic mass is 19.1. The fourth-order valence-electron chi connectivity index (χ4n) is 2.17. The van der Waals surface area contributed by atoms with E-state index in [9.17, 15) is 4.39 Å². The molecular weight excluding hydrogens is 219 g/mol. The third-order valence-corrected chi connectivity index (χ3v) is 3.20. The van der Waals surface area contributed by atoms with Gasteiger partial charge in [0.25, 0.3) is 0 Å². The van der Waals surface area contributed by atoms with E-state index in [1.54, 1.807) is 0 Å². The van der Waals surface area contributed by atoms with Crippen molar-refractivity contribution in [3.8, 4) is 5.75 Å². The van der Waals surface area contributed by atoms with Gasteiger partial charge in [-0.2, -0.15) is 0 Å². The molecule has 2 unspecified atom stereocenters. The van der Waals surface area contributed by atoms with Crippen LogP contribution in [-0.4, -0.2) is 18.7 Å². The molecule has 94 valence electrons. The summed E-state index contributed by atoms with van der Waals surface area (Å²) in [6, 6.07) is 4.54. The van der Waals surface area contributed by atoms with Gasteiger partial charge in [-0.25, -0.2) is 4.39 Å². The second-order valence-electron chi connectivity index (χ2n) is 4.56. The van der Waals surface area contributed by atoms with Crippen molar-refractivity contribution in [3.05, 3.63) is 24.0 Å². The lowest BCUT2D eigenvalue weighted by Gasteiger charge is -2.29. The summed E-state index contributed by atoms with van der Waals surface area (Å²) in [6.07, 6.45) is 3.52. The number of nitrogens with one attached hydrogen (secondary N) is 1. The summed E-state index contributed by atoms with van der Waals surface area (Å²) >= 11 is 0. The van der Waals surface area contributed by atoms with Crippen molar-refractivity contribution in [2.45, 2.75) is 38.3 Å². The summed E-state index contributed by atoms with van der Waals surface area (Å²) in [5.41, 5.74) is 6.24. The van der Waals surface area contributed by atoms with Crippen LogP contribution in [0.4, 0.5) is 10.1 Å². The maximum absolute atomic E-state index is 13.1. The van der Waals surface area contributed by atoms with Gasteiger partial charge in [-0.3, -0.25) is 0 Å². The van der Waals surface area contributed by atoms with E-state index in [2.05, 4.69) is 5.32 Å². The van der Waals surface area contributed by atoms with Crippen LogP contribution in [0.1, 0.15) is 26.2 Å². The fraction of sp³-hybridized carbons (Fsp3) is 0.538. The number of ether oxygens (including phenoxy) is 1. The zero-order chi connectivity index (χ0) is 12.3. The van der Waals surface area contributed by atoms with E-state index >= 15 is 0 Å². The Bertz CT molecular complexity index is 378. The van der Waals surface area contributed by atoms with Crippen LogP contribution in [0.25, 0.3) is 0 Å². The highest BCUT2D eigenvalue weighted by Crippen LogP contribution is 2.25. The van der Waals surface area contributed by atoms with E-state index in [1.165, 1.54) is 31.0 Å². The van der Waals surface area contributed by atoms with E-state index in [1.807, 2.05) is 6.92 Å². The molecular formula is C13H19FN2O. The van der Waals surface area contributed by atoms with Gasteiger partial charge in [-0.05, 0) is 38.4 Å². The Kier molecular flexibility index (Phi) is 3.84. The summed E-state index contributed by atoms with van der Waals surface area (Å²) < 4.78 is 18.8. The molecule has 1 fully saturated rings. The lowest BCUT2D eigenvalue weighted by Crippen LogP contribution is -2.44. The summed E-state index contributed by atoms with van der Waals surface area (Å²) in [6.45, 7) is 3.02. The van der Waals surface area contributed by atoms with Crippen molar-refractivity contribution in [1.82, 2.24) is 5.32 Å². The molecule has 1 aromatic rings. The molecule has 0 aromatic heterocycles. The molecule has 0 bridgehead atoms. The lowest BCUT2D eigenvalue weighted by molar-refractivity contribution is 0.153. The van der Waals surface area contributed by atoms with Gasteiger partial charge in [0.2, 0.25) is 0 Å². The van der Waals surface area contributed by atoms with Gasteiger partial charge in [0.15, 0.2) is 0 Å². The minimum absolute atomic E-state index is 0.000556. The first-order valence-corrected chi connectivity index (χ1v) is 6.12. The predicted octanol–water partition coefficient (Wildman–Crippen LogP) is 2.32. The standard InChI is InChI=1S/C13H19FN2O/c1-9(12-4-2-3-7-16-12)17-13-8-10(14)5-6-11(13)15/h5-6,8-9,12,16H,2-4,7,15H2,1H3. The number of halogens is 1. The molecule has 1 aliphatic rings. The third-order valence-electron chi connectivity index (χ3n) is 3.20. The molecule has 1 aromatic carbocycles. The van der Waals surface area contributed by atoms with Gasteiger partial charge in [0.1, 0.15) is 17.7 Å². The van der Waals surface area contributed by atoms with E-state index in [4.69, 9.17) is 10.5 Å². The van der Waals surface area contributed by atoms with Crippen LogP contribution < -0.4 is 15.8 Å². The average Bonchev–Trinajstić information content (AvgIpc) is 2.35. The zero-order valence-electron chi connectivity index (χ0n) is 10.1. The fourth-order valence-corrected chi connectivity index (χ4v) is 2.17. The molecule has 0 amide bonds. The molecule has 3 nitrogen and oxygen atoms in total. The number of nitrogen functional groups attached to an aromatic ring is 1. The second-order valence-corrected chi connectivity index (χ2v) is 4.56. The SMILES string of the molecule is CC(Oc1cc(F)ccc1N)C1CCCCN1. The predicted molar refractivity (Wildman–Crippen MR) is 66.5 cm³/mol. The van der Waals surface area contributed by atoms with Crippen LogP contribution in [0.2, 0.25) is 0 Å². The molecule has 2 rings (SSSR count). The molecule has 1 aliphatic heterocycles. The minimum atomic E-state index is -0.321. The van der Waals surface area contributed by atoms with E-state index in [0.29, 0.717) is 17.5 Å². The monoisotopic (exact) mass is 238 g/mol. The van der Waals surface area contributed by atoms with Crippen LogP contribution in [-0.2, 0) is 0 Å². The maximum Gasteiger partial charge on any atom is 0.145 e. The Morgan fingerprint density at radius 1 is 1.47 bits per heavy atom. The minimum Gasteiger partial charge on any atom is -0.487 e. The number of hydrogen-bond donors (Lipinski definition) is 2. The number of hydrogen-bond acceptors (Lipinski definition) is 3. The normalized spacial score (nSPS) is 22.1. The zero-order valence-corrected chi connectivity index (χ0v) is 10.1. The molecule has 0 aliphatic carbocycles. The first-order valence-electron chi connectivity index (χ1n) is 6.12. The van der Waals surface area contributed by atoms with Crippen LogP contribution in [0, 0.1) is 5.82 Å². The summed E-state index contributed by atoms with van der Waals surface area (Å²) in [4.78, 5) is 0. The van der Waals surface area contributed by atoms with E-state index < -0.39 is 0 Å². The Morgan fingerprint density at radius 3 is 3.00 bits per heavy atom. The number of rotatable bonds is 3. The molecule has 0 radical (unpaired) electrons. The summed E-state index contributed by atoms with van der Waals surface area (Å²) in [5.74, 6) is 0.114. The largest absolute Gasteiger partial charge is 0.487 e. The molecule has 1 saturated heterocycles. The summed E-state index contributed by atoms with van der Waals surface area (Å²) in [5, 5.41) is 3.41. The first kappa shape index (κ1) is 12.2. The van der Waals surface area contributed by atoms with Crippen LogP contribution in [0.3, 0.4) is 0 Å².